The van der Waals surface area contributed by atoms with Crippen LogP contribution in [0.5, 0.6) is 6.01 Å². The SMILES string of the molecule is COc1ncc(Cl)c(N2CCCC(CCO)C2)n1. The van der Waals surface area contributed by atoms with Crippen LogP contribution in [0.3, 0.4) is 0 Å². The van der Waals surface area contributed by atoms with Crippen LogP contribution in [0.1, 0.15) is 19.3 Å². The number of nitrogens with zero attached hydrogens (tertiary/aromatic N) is 3. The largest absolute Gasteiger partial charge is 0.467 e. The molecular formula is C12H18ClN3O2. The van der Waals surface area contributed by atoms with Gasteiger partial charge in [0, 0.05) is 19.7 Å². The van der Waals surface area contributed by atoms with Crippen LogP contribution in [0.15, 0.2) is 6.20 Å². The highest BCUT2D eigenvalue weighted by atomic mass is 35.5. The molecule has 0 aromatic carbocycles. The number of anilines is 1. The van der Waals surface area contributed by atoms with Crippen LogP contribution in [-0.2, 0) is 0 Å². The summed E-state index contributed by atoms with van der Waals surface area (Å²) in [5.74, 6) is 1.23. The minimum Gasteiger partial charge on any atom is -0.467 e. The van der Waals surface area contributed by atoms with E-state index in [0.717, 1.165) is 38.2 Å². The minimum absolute atomic E-state index is 0.235. The Kier molecular flexibility index (Phi) is 4.60. The van der Waals surface area contributed by atoms with Crippen LogP contribution in [0.2, 0.25) is 5.02 Å². The maximum atomic E-state index is 9.02. The molecular weight excluding hydrogens is 254 g/mol. The van der Waals surface area contributed by atoms with Crippen molar-refractivity contribution < 1.29 is 9.84 Å². The first kappa shape index (κ1) is 13.4. The second-order valence-electron chi connectivity index (χ2n) is 4.49. The molecule has 0 radical (unpaired) electrons. The van der Waals surface area contributed by atoms with Gasteiger partial charge in [-0.25, -0.2) is 4.98 Å². The smallest absolute Gasteiger partial charge is 0.318 e. The van der Waals surface area contributed by atoms with Gasteiger partial charge in [0.15, 0.2) is 5.82 Å². The Morgan fingerprint density at radius 1 is 1.61 bits per heavy atom. The van der Waals surface area contributed by atoms with E-state index in [9.17, 15) is 0 Å². The van der Waals surface area contributed by atoms with Crippen molar-refractivity contribution in [2.45, 2.75) is 19.3 Å². The first-order chi connectivity index (χ1) is 8.74. The first-order valence-electron chi connectivity index (χ1n) is 6.17. The number of aliphatic hydroxyl groups excluding tert-OH is 1. The van der Waals surface area contributed by atoms with Crippen LogP contribution in [-0.4, -0.2) is 41.9 Å². The fourth-order valence-corrected chi connectivity index (χ4v) is 2.55. The molecule has 0 saturated carbocycles. The van der Waals surface area contributed by atoms with Gasteiger partial charge in [-0.1, -0.05) is 11.6 Å². The molecule has 0 amide bonds. The number of ether oxygens (including phenoxy) is 1. The van der Waals surface area contributed by atoms with Gasteiger partial charge >= 0.3 is 6.01 Å². The molecule has 1 aromatic rings. The van der Waals surface area contributed by atoms with E-state index in [2.05, 4.69) is 14.9 Å². The Morgan fingerprint density at radius 2 is 2.44 bits per heavy atom. The number of hydrogen-bond acceptors (Lipinski definition) is 5. The molecule has 2 rings (SSSR count). The summed E-state index contributed by atoms with van der Waals surface area (Å²) in [7, 11) is 1.54. The average Bonchev–Trinajstić information content (AvgIpc) is 2.40. The number of methoxy groups -OCH3 is 1. The summed E-state index contributed by atoms with van der Waals surface area (Å²) < 4.78 is 5.03. The summed E-state index contributed by atoms with van der Waals surface area (Å²) in [6, 6.07) is 0.332. The van der Waals surface area contributed by atoms with Gasteiger partial charge in [0.05, 0.1) is 13.3 Å². The molecule has 0 bridgehead atoms. The van der Waals surface area contributed by atoms with Crippen molar-refractivity contribution in [2.75, 3.05) is 31.7 Å². The van der Waals surface area contributed by atoms with Crippen molar-refractivity contribution in [2.24, 2.45) is 5.92 Å². The molecule has 18 heavy (non-hydrogen) atoms. The molecule has 1 saturated heterocycles. The van der Waals surface area contributed by atoms with E-state index in [4.69, 9.17) is 21.4 Å². The zero-order valence-electron chi connectivity index (χ0n) is 10.5. The molecule has 1 aromatic heterocycles. The Bertz CT molecular complexity index is 401. The summed E-state index contributed by atoms with van der Waals surface area (Å²) in [4.78, 5) is 10.4. The van der Waals surface area contributed by atoms with E-state index < -0.39 is 0 Å². The fraction of sp³-hybridized carbons (Fsp3) is 0.667. The number of hydrogen-bond donors (Lipinski definition) is 1. The zero-order chi connectivity index (χ0) is 13.0. The fourth-order valence-electron chi connectivity index (χ4n) is 2.34. The van der Waals surface area contributed by atoms with Gasteiger partial charge < -0.3 is 14.7 Å². The molecule has 5 nitrogen and oxygen atoms in total. The van der Waals surface area contributed by atoms with Crippen molar-refractivity contribution in [3.63, 3.8) is 0 Å². The quantitative estimate of drug-likeness (QED) is 0.904. The van der Waals surface area contributed by atoms with Gasteiger partial charge in [-0.3, -0.25) is 0 Å². The van der Waals surface area contributed by atoms with Gasteiger partial charge in [-0.2, -0.15) is 4.98 Å². The maximum Gasteiger partial charge on any atom is 0.318 e. The van der Waals surface area contributed by atoms with Gasteiger partial charge in [0.1, 0.15) is 5.02 Å². The number of aromatic nitrogens is 2. The molecule has 100 valence electrons. The van der Waals surface area contributed by atoms with Gasteiger partial charge in [-0.15, -0.1) is 0 Å². The molecule has 2 heterocycles. The summed E-state index contributed by atoms with van der Waals surface area (Å²) >= 11 is 6.14. The monoisotopic (exact) mass is 271 g/mol. The second-order valence-corrected chi connectivity index (χ2v) is 4.90. The predicted molar refractivity (Wildman–Crippen MR) is 70.2 cm³/mol. The Hall–Kier alpha value is -1.07. The highest BCUT2D eigenvalue weighted by molar-refractivity contribution is 6.32. The van der Waals surface area contributed by atoms with E-state index >= 15 is 0 Å². The normalized spacial score (nSPS) is 19.9. The van der Waals surface area contributed by atoms with Gasteiger partial charge in [0.25, 0.3) is 0 Å². The van der Waals surface area contributed by atoms with Crippen molar-refractivity contribution >= 4 is 17.4 Å². The topological polar surface area (TPSA) is 58.5 Å². The van der Waals surface area contributed by atoms with E-state index in [-0.39, 0.29) is 6.61 Å². The van der Waals surface area contributed by atoms with Crippen molar-refractivity contribution in [3.05, 3.63) is 11.2 Å². The molecule has 6 heteroatoms. The maximum absolute atomic E-state index is 9.02. The molecule has 0 aliphatic carbocycles. The summed E-state index contributed by atoms with van der Waals surface area (Å²) in [6.45, 7) is 2.04. The highest BCUT2D eigenvalue weighted by Gasteiger charge is 2.22. The van der Waals surface area contributed by atoms with Crippen LogP contribution < -0.4 is 9.64 Å². The highest BCUT2D eigenvalue weighted by Crippen LogP contribution is 2.29. The lowest BCUT2D eigenvalue weighted by Gasteiger charge is -2.33. The molecule has 1 unspecified atom stereocenters. The second kappa shape index (κ2) is 6.20. The molecule has 1 atom stereocenters. The predicted octanol–water partition coefficient (Wildman–Crippen LogP) is 1.74. The number of piperidine rings is 1. The van der Waals surface area contributed by atoms with E-state index in [0.29, 0.717) is 17.0 Å². The third-order valence-corrected chi connectivity index (χ3v) is 3.51. The average molecular weight is 272 g/mol. The standard InChI is InChI=1S/C12H18ClN3O2/c1-18-12-14-7-10(13)11(15-12)16-5-2-3-9(8-16)4-6-17/h7,9,17H,2-6,8H2,1H3. The van der Waals surface area contributed by atoms with Crippen LogP contribution in [0, 0.1) is 5.92 Å². The van der Waals surface area contributed by atoms with E-state index in [1.54, 1.807) is 6.20 Å². The van der Waals surface area contributed by atoms with Crippen molar-refractivity contribution in [1.82, 2.24) is 9.97 Å². The lowest BCUT2D eigenvalue weighted by molar-refractivity contribution is 0.244. The van der Waals surface area contributed by atoms with Gasteiger partial charge in [-0.05, 0) is 25.2 Å². The molecule has 0 spiro atoms. The lowest BCUT2D eigenvalue weighted by Crippen LogP contribution is -2.36. The minimum atomic E-state index is 0.235. The van der Waals surface area contributed by atoms with E-state index in [1.807, 2.05) is 0 Å². The number of halogens is 1. The van der Waals surface area contributed by atoms with Crippen molar-refractivity contribution in [1.29, 1.82) is 0 Å². The number of rotatable bonds is 4. The summed E-state index contributed by atoms with van der Waals surface area (Å²) in [5.41, 5.74) is 0. The third kappa shape index (κ3) is 3.03. The molecule has 1 fully saturated rings. The first-order valence-corrected chi connectivity index (χ1v) is 6.54. The Labute approximate surface area is 112 Å². The summed E-state index contributed by atoms with van der Waals surface area (Å²) in [5, 5.41) is 9.56. The zero-order valence-corrected chi connectivity index (χ0v) is 11.2. The van der Waals surface area contributed by atoms with Crippen molar-refractivity contribution in [3.8, 4) is 6.01 Å². The van der Waals surface area contributed by atoms with Crippen LogP contribution >= 0.6 is 11.6 Å². The lowest BCUT2D eigenvalue weighted by atomic mass is 9.95. The molecule has 1 aliphatic rings. The van der Waals surface area contributed by atoms with Crippen LogP contribution in [0.4, 0.5) is 5.82 Å². The van der Waals surface area contributed by atoms with Gasteiger partial charge in [0.2, 0.25) is 0 Å². The number of aliphatic hydroxyl groups is 1. The molecule has 1 N–H and O–H groups in total. The third-order valence-electron chi connectivity index (χ3n) is 3.24. The molecule has 1 aliphatic heterocycles. The summed E-state index contributed by atoms with van der Waals surface area (Å²) in [6.07, 6.45) is 4.64. The Balaban J connectivity index is 2.14. The Morgan fingerprint density at radius 3 is 3.17 bits per heavy atom. The van der Waals surface area contributed by atoms with E-state index in [1.165, 1.54) is 7.11 Å². The van der Waals surface area contributed by atoms with Crippen LogP contribution in [0.25, 0.3) is 0 Å².